The SMILES string of the molecule is Cc1ccc2c([N+]#N)c([O-])[nH]c2c1. The summed E-state index contributed by atoms with van der Waals surface area (Å²) in [6.07, 6.45) is 0. The van der Waals surface area contributed by atoms with Crippen molar-refractivity contribution in [3.05, 3.63) is 28.7 Å². The van der Waals surface area contributed by atoms with E-state index in [2.05, 4.69) is 9.96 Å². The largest absolute Gasteiger partial charge is 0.855 e. The van der Waals surface area contributed by atoms with Gasteiger partial charge in [0.1, 0.15) is 0 Å². The molecule has 0 radical (unpaired) electrons. The van der Waals surface area contributed by atoms with Gasteiger partial charge in [-0.3, -0.25) is 0 Å². The van der Waals surface area contributed by atoms with Crippen LogP contribution in [0.1, 0.15) is 5.56 Å². The first kappa shape index (κ1) is 7.62. The zero-order valence-electron chi connectivity index (χ0n) is 7.03. The molecule has 0 aliphatic carbocycles. The van der Waals surface area contributed by atoms with E-state index >= 15 is 0 Å². The van der Waals surface area contributed by atoms with Crippen LogP contribution >= 0.6 is 0 Å². The third-order valence-electron chi connectivity index (χ3n) is 1.99. The van der Waals surface area contributed by atoms with Gasteiger partial charge in [0.25, 0.3) is 0 Å². The van der Waals surface area contributed by atoms with Crippen molar-refractivity contribution < 1.29 is 5.11 Å². The number of nitrogens with zero attached hydrogens (tertiary/aromatic N) is 2. The van der Waals surface area contributed by atoms with Crippen LogP contribution in [0.5, 0.6) is 5.88 Å². The Hall–Kier alpha value is -2.02. The summed E-state index contributed by atoms with van der Waals surface area (Å²) in [6.45, 7) is 1.93. The maximum Gasteiger partial charge on any atom is 0.402 e. The van der Waals surface area contributed by atoms with Gasteiger partial charge in [0.05, 0.1) is 16.8 Å². The van der Waals surface area contributed by atoms with Gasteiger partial charge < -0.3 is 10.1 Å². The van der Waals surface area contributed by atoms with Crippen LogP contribution in [0.15, 0.2) is 18.2 Å². The molecule has 0 saturated carbocycles. The zero-order valence-corrected chi connectivity index (χ0v) is 7.03. The number of aromatic amines is 1. The van der Waals surface area contributed by atoms with E-state index in [0.717, 1.165) is 5.56 Å². The van der Waals surface area contributed by atoms with Crippen molar-refractivity contribution in [1.29, 1.82) is 5.39 Å². The number of rotatable bonds is 0. The smallest absolute Gasteiger partial charge is 0.402 e. The van der Waals surface area contributed by atoms with Gasteiger partial charge in [-0.2, -0.15) is 0 Å². The second-order valence-electron chi connectivity index (χ2n) is 2.95. The molecule has 0 amide bonds. The molecule has 2 rings (SSSR count). The molecule has 0 bridgehead atoms. The van der Waals surface area contributed by atoms with Crippen molar-refractivity contribution in [2.75, 3.05) is 0 Å². The Morgan fingerprint density at radius 1 is 1.46 bits per heavy atom. The fourth-order valence-electron chi connectivity index (χ4n) is 1.37. The van der Waals surface area contributed by atoms with Gasteiger partial charge in [0, 0.05) is 0 Å². The van der Waals surface area contributed by atoms with Crippen molar-refractivity contribution in [1.82, 2.24) is 4.98 Å². The van der Waals surface area contributed by atoms with E-state index in [1.165, 1.54) is 0 Å². The minimum Gasteiger partial charge on any atom is -0.855 e. The van der Waals surface area contributed by atoms with Crippen molar-refractivity contribution in [2.45, 2.75) is 6.92 Å². The van der Waals surface area contributed by atoms with Crippen LogP contribution in [-0.4, -0.2) is 4.98 Å². The predicted octanol–water partition coefficient (Wildman–Crippen LogP) is 2.03. The maximum atomic E-state index is 11.2. The lowest BCUT2D eigenvalue weighted by Gasteiger charge is -1.91. The standard InChI is InChI=1S/C9H7N3O/c1-5-2-3-6-7(4-5)11-9(13)8(6)12-10/h2-4,10H,1H3. The van der Waals surface area contributed by atoms with Crippen LogP contribution in [-0.2, 0) is 0 Å². The topological polar surface area (TPSA) is 67.0 Å². The summed E-state index contributed by atoms with van der Waals surface area (Å²) in [5.74, 6) is -0.358. The number of nitrogens with one attached hydrogen (secondary N) is 1. The zero-order chi connectivity index (χ0) is 9.42. The van der Waals surface area contributed by atoms with Crippen LogP contribution in [0.4, 0.5) is 5.69 Å². The Balaban J connectivity index is 2.88. The molecule has 0 atom stereocenters. The Morgan fingerprint density at radius 2 is 2.23 bits per heavy atom. The number of benzene rings is 1. The number of aromatic nitrogens is 1. The minimum absolute atomic E-state index is 0.0787. The number of fused-ring (bicyclic) bond motifs is 1. The summed E-state index contributed by atoms with van der Waals surface area (Å²) in [5.41, 5.74) is 1.84. The molecular formula is C9H7N3O. The molecule has 2 aromatic rings. The molecule has 0 saturated heterocycles. The highest BCUT2D eigenvalue weighted by Gasteiger charge is 2.15. The highest BCUT2D eigenvalue weighted by atomic mass is 16.3. The van der Waals surface area contributed by atoms with Gasteiger partial charge in [-0.1, -0.05) is 6.07 Å². The van der Waals surface area contributed by atoms with Gasteiger partial charge in [-0.15, -0.1) is 0 Å². The van der Waals surface area contributed by atoms with E-state index in [-0.39, 0.29) is 11.6 Å². The molecule has 1 aromatic carbocycles. The van der Waals surface area contributed by atoms with Crippen LogP contribution in [0.3, 0.4) is 0 Å². The van der Waals surface area contributed by atoms with Crippen LogP contribution in [0.25, 0.3) is 15.9 Å². The van der Waals surface area contributed by atoms with E-state index in [1.54, 1.807) is 6.07 Å². The van der Waals surface area contributed by atoms with E-state index in [4.69, 9.17) is 5.39 Å². The molecule has 0 spiro atoms. The lowest BCUT2D eigenvalue weighted by atomic mass is 10.2. The molecule has 0 aliphatic heterocycles. The lowest BCUT2D eigenvalue weighted by Crippen LogP contribution is -1.87. The summed E-state index contributed by atoms with van der Waals surface area (Å²) in [5, 5.41) is 20.4. The maximum absolute atomic E-state index is 11.2. The summed E-state index contributed by atoms with van der Waals surface area (Å²) >= 11 is 0. The summed E-state index contributed by atoms with van der Waals surface area (Å²) < 4.78 is 0. The molecule has 1 heterocycles. The normalized spacial score (nSPS) is 10.2. The van der Waals surface area contributed by atoms with Crippen molar-refractivity contribution in [3.8, 4) is 5.88 Å². The van der Waals surface area contributed by atoms with Gasteiger partial charge >= 0.3 is 5.69 Å². The number of H-pyrrole nitrogens is 1. The highest BCUT2D eigenvalue weighted by molar-refractivity contribution is 5.96. The molecule has 0 unspecified atom stereocenters. The Bertz CT molecular complexity index is 507. The van der Waals surface area contributed by atoms with Gasteiger partial charge in [-0.25, -0.2) is 0 Å². The third kappa shape index (κ3) is 1.02. The molecule has 0 fully saturated rings. The summed E-state index contributed by atoms with van der Waals surface area (Å²) in [7, 11) is 0. The van der Waals surface area contributed by atoms with E-state index in [0.29, 0.717) is 10.9 Å². The molecule has 1 N–H and O–H groups in total. The first-order chi connectivity index (χ1) is 6.22. The molecule has 4 heteroatoms. The number of aryl methyl sites for hydroxylation is 1. The first-order valence-corrected chi connectivity index (χ1v) is 3.87. The fraction of sp³-hybridized carbons (Fsp3) is 0.111. The number of hydrogen-bond donors (Lipinski definition) is 1. The average Bonchev–Trinajstić information content (AvgIpc) is 2.39. The molecule has 4 nitrogen and oxygen atoms in total. The van der Waals surface area contributed by atoms with Crippen molar-refractivity contribution >= 4 is 16.6 Å². The monoisotopic (exact) mass is 173 g/mol. The number of diazo groups is 1. The van der Waals surface area contributed by atoms with Crippen LogP contribution in [0.2, 0.25) is 0 Å². The fourth-order valence-corrected chi connectivity index (χ4v) is 1.37. The van der Waals surface area contributed by atoms with Crippen molar-refractivity contribution in [2.24, 2.45) is 0 Å². The minimum atomic E-state index is -0.358. The quantitative estimate of drug-likeness (QED) is 0.619. The molecular weight excluding hydrogens is 166 g/mol. The first-order valence-electron chi connectivity index (χ1n) is 3.87. The molecule has 64 valence electrons. The molecule has 1 aromatic heterocycles. The van der Waals surface area contributed by atoms with E-state index in [9.17, 15) is 5.11 Å². The molecule has 0 aliphatic rings. The van der Waals surface area contributed by atoms with Gasteiger partial charge in [-0.05, 0) is 24.6 Å². The van der Waals surface area contributed by atoms with Crippen LogP contribution in [0, 0.1) is 12.3 Å². The van der Waals surface area contributed by atoms with E-state index < -0.39 is 0 Å². The second kappa shape index (κ2) is 2.49. The lowest BCUT2D eigenvalue weighted by molar-refractivity contribution is -0.272. The van der Waals surface area contributed by atoms with E-state index in [1.807, 2.05) is 19.1 Å². The number of hydrogen-bond acceptors (Lipinski definition) is 2. The molecule has 13 heavy (non-hydrogen) atoms. The second-order valence-corrected chi connectivity index (χ2v) is 2.95. The Labute approximate surface area is 74.4 Å². The van der Waals surface area contributed by atoms with Crippen molar-refractivity contribution in [3.63, 3.8) is 0 Å². The predicted molar refractivity (Wildman–Crippen MR) is 47.2 cm³/mol. The average molecular weight is 173 g/mol. The highest BCUT2D eigenvalue weighted by Crippen LogP contribution is 2.33. The Kier molecular flexibility index (Phi) is 1.46. The summed E-state index contributed by atoms with van der Waals surface area (Å²) in [6, 6.07) is 5.47. The van der Waals surface area contributed by atoms with Gasteiger partial charge in [0.15, 0.2) is 4.98 Å². The Morgan fingerprint density at radius 3 is 2.92 bits per heavy atom. The summed E-state index contributed by atoms with van der Waals surface area (Å²) in [4.78, 5) is 5.55. The van der Waals surface area contributed by atoms with Crippen LogP contribution < -0.4 is 5.11 Å². The third-order valence-corrected chi connectivity index (χ3v) is 1.99. The van der Waals surface area contributed by atoms with Gasteiger partial charge in [0.2, 0.25) is 5.39 Å².